The summed E-state index contributed by atoms with van der Waals surface area (Å²) in [5, 5.41) is 12.3. The van der Waals surface area contributed by atoms with Crippen molar-refractivity contribution in [2.45, 2.75) is 6.54 Å². The molecular weight excluding hydrogens is 285 g/mol. The molecule has 0 saturated heterocycles. The van der Waals surface area contributed by atoms with Crippen molar-refractivity contribution in [1.82, 2.24) is 0 Å². The molecule has 0 saturated carbocycles. The molecule has 2 rings (SSSR count). The zero-order valence-corrected chi connectivity index (χ0v) is 10.5. The van der Waals surface area contributed by atoms with Crippen molar-refractivity contribution in [3.05, 3.63) is 58.3 Å². The first kappa shape index (κ1) is 11.9. The van der Waals surface area contributed by atoms with Crippen molar-refractivity contribution >= 4 is 21.6 Å². The molecule has 0 aliphatic heterocycles. The molecule has 0 amide bonds. The van der Waals surface area contributed by atoms with E-state index in [1.54, 1.807) is 30.3 Å². The van der Waals surface area contributed by atoms with E-state index >= 15 is 0 Å². The Kier molecular flexibility index (Phi) is 3.64. The van der Waals surface area contributed by atoms with Crippen molar-refractivity contribution in [3.63, 3.8) is 0 Å². The Balaban J connectivity index is 2.09. The normalized spacial score (nSPS) is 10.2. The number of phenols is 1. The Hall–Kier alpha value is -1.55. The van der Waals surface area contributed by atoms with Gasteiger partial charge in [-0.1, -0.05) is 22.0 Å². The highest BCUT2D eigenvalue weighted by Gasteiger charge is 2.02. The molecule has 4 heteroatoms. The Morgan fingerprint density at radius 1 is 1.18 bits per heavy atom. The van der Waals surface area contributed by atoms with Gasteiger partial charge in [-0.2, -0.15) is 0 Å². The van der Waals surface area contributed by atoms with Crippen LogP contribution < -0.4 is 5.32 Å². The van der Waals surface area contributed by atoms with Gasteiger partial charge in [0.25, 0.3) is 0 Å². The minimum Gasteiger partial charge on any atom is -0.508 e. The highest BCUT2D eigenvalue weighted by atomic mass is 79.9. The second-order valence-electron chi connectivity index (χ2n) is 3.64. The topological polar surface area (TPSA) is 32.3 Å². The number of phenolic OH excluding ortho intramolecular Hbond substituents is 1. The summed E-state index contributed by atoms with van der Waals surface area (Å²) >= 11 is 3.30. The second kappa shape index (κ2) is 5.19. The van der Waals surface area contributed by atoms with Crippen LogP contribution in [0, 0.1) is 5.82 Å². The van der Waals surface area contributed by atoms with Crippen molar-refractivity contribution in [2.24, 2.45) is 0 Å². The van der Waals surface area contributed by atoms with E-state index in [0.717, 1.165) is 10.2 Å². The van der Waals surface area contributed by atoms with Gasteiger partial charge in [-0.3, -0.25) is 0 Å². The summed E-state index contributed by atoms with van der Waals surface area (Å²) in [5.41, 5.74) is 1.33. The lowest BCUT2D eigenvalue weighted by molar-refractivity contribution is 0.475. The molecule has 0 aromatic heterocycles. The lowest BCUT2D eigenvalue weighted by Crippen LogP contribution is -2.01. The van der Waals surface area contributed by atoms with E-state index < -0.39 is 0 Å². The minimum atomic E-state index is -0.249. The van der Waals surface area contributed by atoms with E-state index in [-0.39, 0.29) is 11.6 Å². The monoisotopic (exact) mass is 295 g/mol. The average Bonchev–Trinajstić information content (AvgIpc) is 2.30. The van der Waals surface area contributed by atoms with Gasteiger partial charge in [0.1, 0.15) is 11.6 Å². The number of nitrogens with one attached hydrogen (secondary N) is 1. The van der Waals surface area contributed by atoms with Crippen molar-refractivity contribution in [2.75, 3.05) is 5.32 Å². The fourth-order valence-electron chi connectivity index (χ4n) is 1.49. The molecule has 0 atom stereocenters. The van der Waals surface area contributed by atoms with Crippen LogP contribution in [0.4, 0.5) is 10.1 Å². The zero-order chi connectivity index (χ0) is 12.3. The summed E-state index contributed by atoms with van der Waals surface area (Å²) in [6, 6.07) is 11.5. The van der Waals surface area contributed by atoms with Crippen LogP contribution in [0.2, 0.25) is 0 Å². The van der Waals surface area contributed by atoms with Gasteiger partial charge < -0.3 is 10.4 Å². The van der Waals surface area contributed by atoms with Gasteiger partial charge in [0.15, 0.2) is 0 Å². The van der Waals surface area contributed by atoms with Crippen LogP contribution in [0.1, 0.15) is 5.56 Å². The molecule has 0 radical (unpaired) electrons. The SMILES string of the molecule is Oc1cccc(NCc2cc(Br)ccc2F)c1. The second-order valence-corrected chi connectivity index (χ2v) is 4.56. The molecule has 2 aromatic rings. The van der Waals surface area contributed by atoms with Gasteiger partial charge in [0.2, 0.25) is 0 Å². The van der Waals surface area contributed by atoms with Crippen molar-refractivity contribution < 1.29 is 9.50 Å². The standard InChI is InChI=1S/C13H11BrFNO/c14-10-4-5-13(15)9(6-10)8-16-11-2-1-3-12(17)7-11/h1-7,16-17H,8H2. The van der Waals surface area contributed by atoms with Crippen LogP contribution >= 0.6 is 15.9 Å². The van der Waals surface area contributed by atoms with E-state index in [2.05, 4.69) is 21.2 Å². The predicted octanol–water partition coefficient (Wildman–Crippen LogP) is 3.91. The molecule has 0 unspecified atom stereocenters. The maximum Gasteiger partial charge on any atom is 0.128 e. The van der Waals surface area contributed by atoms with E-state index in [1.807, 2.05) is 6.07 Å². The summed E-state index contributed by atoms with van der Waals surface area (Å²) < 4.78 is 14.3. The van der Waals surface area contributed by atoms with Crippen LogP contribution in [0.5, 0.6) is 5.75 Å². The Bertz CT molecular complexity index is 531. The third kappa shape index (κ3) is 3.20. The fourth-order valence-corrected chi connectivity index (χ4v) is 1.90. The predicted molar refractivity (Wildman–Crippen MR) is 69.5 cm³/mol. The number of hydrogen-bond donors (Lipinski definition) is 2. The average molecular weight is 296 g/mol. The Morgan fingerprint density at radius 3 is 2.76 bits per heavy atom. The number of anilines is 1. The smallest absolute Gasteiger partial charge is 0.128 e. The molecule has 88 valence electrons. The zero-order valence-electron chi connectivity index (χ0n) is 8.95. The van der Waals surface area contributed by atoms with Gasteiger partial charge >= 0.3 is 0 Å². The molecule has 0 aliphatic rings. The molecule has 0 spiro atoms. The summed E-state index contributed by atoms with van der Waals surface area (Å²) in [6.07, 6.45) is 0. The van der Waals surface area contributed by atoms with Gasteiger partial charge in [0, 0.05) is 28.3 Å². The third-order valence-corrected chi connectivity index (χ3v) is 2.83. The van der Waals surface area contributed by atoms with E-state index in [1.165, 1.54) is 6.07 Å². The van der Waals surface area contributed by atoms with E-state index in [0.29, 0.717) is 12.1 Å². The number of hydrogen-bond acceptors (Lipinski definition) is 2. The van der Waals surface area contributed by atoms with Crippen LogP contribution in [-0.4, -0.2) is 5.11 Å². The molecule has 0 bridgehead atoms. The molecular formula is C13H11BrFNO. The van der Waals surface area contributed by atoms with Gasteiger partial charge in [-0.25, -0.2) is 4.39 Å². The van der Waals surface area contributed by atoms with Crippen LogP contribution in [0.15, 0.2) is 46.9 Å². The quantitative estimate of drug-likeness (QED) is 0.900. The first-order valence-electron chi connectivity index (χ1n) is 5.12. The van der Waals surface area contributed by atoms with Crippen LogP contribution in [0.25, 0.3) is 0 Å². The first-order chi connectivity index (χ1) is 8.15. The molecule has 2 N–H and O–H groups in total. The summed E-state index contributed by atoms with van der Waals surface area (Å²) in [4.78, 5) is 0. The summed E-state index contributed by atoms with van der Waals surface area (Å²) in [7, 11) is 0. The molecule has 0 aliphatic carbocycles. The summed E-state index contributed by atoms with van der Waals surface area (Å²) in [6.45, 7) is 0.370. The Labute approximate surface area is 107 Å². The van der Waals surface area contributed by atoms with E-state index in [9.17, 15) is 9.50 Å². The highest BCUT2D eigenvalue weighted by Crippen LogP contribution is 2.19. The molecule has 0 fully saturated rings. The van der Waals surface area contributed by atoms with Crippen LogP contribution in [0.3, 0.4) is 0 Å². The van der Waals surface area contributed by atoms with Gasteiger partial charge in [-0.15, -0.1) is 0 Å². The molecule has 0 heterocycles. The van der Waals surface area contributed by atoms with Crippen molar-refractivity contribution in [1.29, 1.82) is 0 Å². The molecule has 17 heavy (non-hydrogen) atoms. The minimum absolute atomic E-state index is 0.185. The summed E-state index contributed by atoms with van der Waals surface area (Å²) in [5.74, 6) is -0.0643. The lowest BCUT2D eigenvalue weighted by Gasteiger charge is -2.08. The number of benzene rings is 2. The Morgan fingerprint density at radius 2 is 2.00 bits per heavy atom. The highest BCUT2D eigenvalue weighted by molar-refractivity contribution is 9.10. The maximum atomic E-state index is 13.4. The van der Waals surface area contributed by atoms with Crippen molar-refractivity contribution in [3.8, 4) is 5.75 Å². The fraction of sp³-hybridized carbons (Fsp3) is 0.0769. The number of aromatic hydroxyl groups is 1. The van der Waals surface area contributed by atoms with Crippen LogP contribution in [-0.2, 0) is 6.54 Å². The maximum absolute atomic E-state index is 13.4. The molecule has 2 nitrogen and oxygen atoms in total. The largest absolute Gasteiger partial charge is 0.508 e. The van der Waals surface area contributed by atoms with Gasteiger partial charge in [0.05, 0.1) is 0 Å². The molecule has 2 aromatic carbocycles. The van der Waals surface area contributed by atoms with E-state index in [4.69, 9.17) is 0 Å². The lowest BCUT2D eigenvalue weighted by atomic mass is 10.2. The first-order valence-corrected chi connectivity index (χ1v) is 5.91. The third-order valence-electron chi connectivity index (χ3n) is 2.34. The number of halogens is 2. The number of rotatable bonds is 3. The van der Waals surface area contributed by atoms with Gasteiger partial charge in [-0.05, 0) is 30.3 Å².